The zero-order valence-corrected chi connectivity index (χ0v) is 36.4. The van der Waals surface area contributed by atoms with Crippen molar-refractivity contribution >= 4 is 39.0 Å². The number of furan rings is 1. The SMILES string of the molecule is CC1(C)c2ccccc2-c2cc(N(c3cccc(-c4ccc(-c5ccccc5)cc4)c3)c3cccc(-c4cccc(-c5ccccc5)c4)c3-c3ccc4oc5ccccc5c4c3)ccc21. The van der Waals surface area contributed by atoms with Gasteiger partial charge in [-0.25, -0.2) is 0 Å². The molecule has 12 rings (SSSR count). The molecule has 0 atom stereocenters. The van der Waals surface area contributed by atoms with Gasteiger partial charge in [0.15, 0.2) is 0 Å². The first-order chi connectivity index (χ1) is 32.0. The number of nitrogens with zero attached hydrogens (tertiary/aromatic N) is 1. The molecule has 0 N–H and O–H groups in total. The molecule has 1 heterocycles. The van der Waals surface area contributed by atoms with Gasteiger partial charge in [0.1, 0.15) is 11.2 Å². The molecule has 1 aliphatic carbocycles. The predicted octanol–water partition coefficient (Wildman–Crippen LogP) is 17.7. The summed E-state index contributed by atoms with van der Waals surface area (Å²) in [5.41, 5.74) is 21.9. The Bertz CT molecular complexity index is 3560. The molecule has 0 radical (unpaired) electrons. The molecule has 2 heteroatoms. The predicted molar refractivity (Wildman–Crippen MR) is 273 cm³/mol. The molecule has 2 nitrogen and oxygen atoms in total. The van der Waals surface area contributed by atoms with Crippen molar-refractivity contribution in [2.24, 2.45) is 0 Å². The minimum absolute atomic E-state index is 0.112. The van der Waals surface area contributed by atoms with E-state index in [9.17, 15) is 0 Å². The van der Waals surface area contributed by atoms with Crippen LogP contribution in [0.4, 0.5) is 17.1 Å². The highest BCUT2D eigenvalue weighted by Gasteiger charge is 2.36. The van der Waals surface area contributed by atoms with Crippen LogP contribution in [0.1, 0.15) is 25.0 Å². The molecule has 308 valence electrons. The van der Waals surface area contributed by atoms with Gasteiger partial charge in [-0.2, -0.15) is 0 Å². The van der Waals surface area contributed by atoms with Crippen molar-refractivity contribution in [2.75, 3.05) is 4.90 Å². The average Bonchev–Trinajstić information content (AvgIpc) is 3.85. The van der Waals surface area contributed by atoms with E-state index in [1.54, 1.807) is 0 Å². The first kappa shape index (κ1) is 38.5. The van der Waals surface area contributed by atoms with Gasteiger partial charge in [-0.15, -0.1) is 0 Å². The van der Waals surface area contributed by atoms with Gasteiger partial charge in [0.25, 0.3) is 0 Å². The number of para-hydroxylation sites is 1. The number of anilines is 3. The van der Waals surface area contributed by atoms with Crippen molar-refractivity contribution in [1.82, 2.24) is 0 Å². The van der Waals surface area contributed by atoms with Crippen molar-refractivity contribution in [3.05, 3.63) is 248 Å². The second-order valence-electron chi connectivity index (χ2n) is 17.7. The molecule has 0 fully saturated rings. The molecule has 0 bridgehead atoms. The lowest BCUT2D eigenvalue weighted by Crippen LogP contribution is -2.15. The Morgan fingerprint density at radius 1 is 0.323 bits per heavy atom. The van der Waals surface area contributed by atoms with Gasteiger partial charge in [0, 0.05) is 33.1 Å². The summed E-state index contributed by atoms with van der Waals surface area (Å²) < 4.78 is 6.40. The van der Waals surface area contributed by atoms with E-state index >= 15 is 0 Å². The molecule has 0 unspecified atom stereocenters. The highest BCUT2D eigenvalue weighted by Crippen LogP contribution is 2.52. The van der Waals surface area contributed by atoms with Crippen LogP contribution in [0.3, 0.4) is 0 Å². The monoisotopic (exact) mass is 831 g/mol. The number of benzene rings is 10. The van der Waals surface area contributed by atoms with Crippen LogP contribution in [-0.4, -0.2) is 0 Å². The molecule has 0 aliphatic heterocycles. The summed E-state index contributed by atoms with van der Waals surface area (Å²) in [4.78, 5) is 2.48. The lowest BCUT2D eigenvalue weighted by Gasteiger charge is -2.30. The first-order valence-electron chi connectivity index (χ1n) is 22.5. The fraction of sp³-hybridized carbons (Fsp3) is 0.0476. The summed E-state index contributed by atoms with van der Waals surface area (Å²) in [6.07, 6.45) is 0. The smallest absolute Gasteiger partial charge is 0.135 e. The average molecular weight is 832 g/mol. The second-order valence-corrected chi connectivity index (χ2v) is 17.7. The van der Waals surface area contributed by atoms with Crippen LogP contribution in [0, 0.1) is 0 Å². The topological polar surface area (TPSA) is 16.4 Å². The highest BCUT2D eigenvalue weighted by molar-refractivity contribution is 6.08. The van der Waals surface area contributed by atoms with E-state index in [0.29, 0.717) is 0 Å². The summed E-state index contributed by atoms with van der Waals surface area (Å²) in [6.45, 7) is 4.70. The summed E-state index contributed by atoms with van der Waals surface area (Å²) in [5.74, 6) is 0. The van der Waals surface area contributed by atoms with Crippen LogP contribution in [-0.2, 0) is 5.41 Å². The van der Waals surface area contributed by atoms with Crippen LogP contribution in [0.15, 0.2) is 241 Å². The molecule has 0 amide bonds. The van der Waals surface area contributed by atoms with Crippen molar-refractivity contribution < 1.29 is 4.42 Å². The van der Waals surface area contributed by atoms with E-state index in [2.05, 4.69) is 249 Å². The van der Waals surface area contributed by atoms with Gasteiger partial charge < -0.3 is 9.32 Å². The summed E-state index contributed by atoms with van der Waals surface area (Å²) >= 11 is 0. The fourth-order valence-electron chi connectivity index (χ4n) is 10.2. The summed E-state index contributed by atoms with van der Waals surface area (Å²) in [7, 11) is 0. The van der Waals surface area contributed by atoms with Gasteiger partial charge in [0.05, 0.1) is 5.69 Å². The van der Waals surface area contributed by atoms with Crippen molar-refractivity contribution in [3.63, 3.8) is 0 Å². The molecule has 0 spiro atoms. The van der Waals surface area contributed by atoms with Gasteiger partial charge >= 0.3 is 0 Å². The molecule has 11 aromatic rings. The first-order valence-corrected chi connectivity index (χ1v) is 22.5. The van der Waals surface area contributed by atoms with Gasteiger partial charge in [0.2, 0.25) is 0 Å². The van der Waals surface area contributed by atoms with Crippen molar-refractivity contribution in [3.8, 4) is 66.8 Å². The lowest BCUT2D eigenvalue weighted by molar-refractivity contribution is 0.660. The van der Waals surface area contributed by atoms with Crippen LogP contribution >= 0.6 is 0 Å². The van der Waals surface area contributed by atoms with Gasteiger partial charge in [-0.05, 0) is 127 Å². The van der Waals surface area contributed by atoms with Crippen LogP contribution in [0.5, 0.6) is 0 Å². The number of rotatable bonds is 8. The van der Waals surface area contributed by atoms with Crippen LogP contribution in [0.25, 0.3) is 88.7 Å². The minimum Gasteiger partial charge on any atom is -0.456 e. The number of fused-ring (bicyclic) bond motifs is 6. The second kappa shape index (κ2) is 15.6. The third-order valence-corrected chi connectivity index (χ3v) is 13.5. The van der Waals surface area contributed by atoms with E-state index in [0.717, 1.165) is 66.8 Å². The Morgan fingerprint density at radius 3 is 1.66 bits per heavy atom. The van der Waals surface area contributed by atoms with Crippen LogP contribution < -0.4 is 4.90 Å². The largest absolute Gasteiger partial charge is 0.456 e. The molecule has 0 saturated heterocycles. The highest BCUT2D eigenvalue weighted by atomic mass is 16.3. The van der Waals surface area contributed by atoms with E-state index in [-0.39, 0.29) is 5.41 Å². The maximum absolute atomic E-state index is 6.40. The van der Waals surface area contributed by atoms with E-state index in [1.165, 1.54) is 50.1 Å². The van der Waals surface area contributed by atoms with Gasteiger partial charge in [-0.1, -0.05) is 196 Å². The van der Waals surface area contributed by atoms with E-state index in [4.69, 9.17) is 4.42 Å². The molecule has 65 heavy (non-hydrogen) atoms. The van der Waals surface area contributed by atoms with Gasteiger partial charge in [-0.3, -0.25) is 0 Å². The lowest BCUT2D eigenvalue weighted by atomic mass is 9.82. The Balaban J connectivity index is 1.10. The number of hydrogen-bond donors (Lipinski definition) is 0. The summed E-state index contributed by atoms with van der Waals surface area (Å²) in [5, 5.41) is 2.21. The molecule has 1 aromatic heterocycles. The van der Waals surface area contributed by atoms with Crippen LogP contribution in [0.2, 0.25) is 0 Å². The molecule has 10 aromatic carbocycles. The standard InChI is InChI=1S/C63H45NO/c1-63(2)57-27-11-9-24-53(57)55-41-51(35-36-58(55)63)64(50-23-14-21-47(39-50)45-32-30-44(31-33-45)42-16-5-3-6-17-42)59-28-15-26-52(48-22-13-20-46(38-48)43-18-7-4-8-19-43)62(59)49-34-37-61-56(40-49)54-25-10-12-29-60(54)65-61/h3-41H,1-2H3. The molecular weight excluding hydrogens is 787 g/mol. The summed E-state index contributed by atoms with van der Waals surface area (Å²) in [6, 6.07) is 86.1. The third kappa shape index (κ3) is 6.65. The Hall–Kier alpha value is -8.20. The Labute approximate surface area is 380 Å². The molecule has 0 saturated carbocycles. The Morgan fingerprint density at radius 2 is 0.862 bits per heavy atom. The quantitative estimate of drug-likeness (QED) is 0.152. The maximum atomic E-state index is 6.40. The van der Waals surface area contributed by atoms with Crippen molar-refractivity contribution in [1.29, 1.82) is 0 Å². The minimum atomic E-state index is -0.112. The number of hydrogen-bond acceptors (Lipinski definition) is 2. The van der Waals surface area contributed by atoms with E-state index in [1.807, 2.05) is 6.07 Å². The maximum Gasteiger partial charge on any atom is 0.135 e. The Kier molecular flexibility index (Phi) is 9.21. The zero-order valence-electron chi connectivity index (χ0n) is 36.4. The fourth-order valence-corrected chi connectivity index (χ4v) is 10.2. The molecule has 1 aliphatic rings. The van der Waals surface area contributed by atoms with E-state index < -0.39 is 0 Å². The third-order valence-electron chi connectivity index (χ3n) is 13.5. The molecular formula is C63H45NO. The normalized spacial score (nSPS) is 12.6. The van der Waals surface area contributed by atoms with Crippen molar-refractivity contribution in [2.45, 2.75) is 19.3 Å². The zero-order chi connectivity index (χ0) is 43.5.